The first-order valence-corrected chi connectivity index (χ1v) is 5.74. The Balaban J connectivity index is 2.23. The zero-order valence-electron chi connectivity index (χ0n) is 9.31. The number of nitrogens with one attached hydrogen (secondary N) is 2. The molecule has 3 nitrogen and oxygen atoms in total. The van der Waals surface area contributed by atoms with Crippen molar-refractivity contribution in [3.05, 3.63) is 0 Å². The highest BCUT2D eigenvalue weighted by atomic mass is 16.1. The third-order valence-electron chi connectivity index (χ3n) is 2.89. The lowest BCUT2D eigenvalue weighted by Crippen LogP contribution is -2.48. The zero-order valence-corrected chi connectivity index (χ0v) is 9.31. The van der Waals surface area contributed by atoms with Crippen molar-refractivity contribution >= 4 is 5.91 Å². The van der Waals surface area contributed by atoms with E-state index in [1.165, 1.54) is 0 Å². The molecule has 0 aromatic rings. The van der Waals surface area contributed by atoms with Crippen molar-refractivity contribution < 1.29 is 4.79 Å². The van der Waals surface area contributed by atoms with Gasteiger partial charge in [0, 0.05) is 12.5 Å². The van der Waals surface area contributed by atoms with E-state index in [1.807, 2.05) is 0 Å². The van der Waals surface area contributed by atoms with Crippen LogP contribution in [0, 0.1) is 5.92 Å². The van der Waals surface area contributed by atoms with E-state index in [9.17, 15) is 4.79 Å². The van der Waals surface area contributed by atoms with Gasteiger partial charge in [0.2, 0.25) is 5.91 Å². The maximum absolute atomic E-state index is 11.5. The summed E-state index contributed by atoms with van der Waals surface area (Å²) in [6.07, 6.45) is 3.85. The van der Waals surface area contributed by atoms with Crippen molar-refractivity contribution in [2.45, 2.75) is 45.6 Å². The zero-order chi connectivity index (χ0) is 10.4. The molecule has 1 aliphatic heterocycles. The van der Waals surface area contributed by atoms with Crippen LogP contribution in [-0.4, -0.2) is 25.0 Å². The van der Waals surface area contributed by atoms with Crippen LogP contribution in [0.25, 0.3) is 0 Å². The van der Waals surface area contributed by atoms with Gasteiger partial charge in [-0.2, -0.15) is 0 Å². The summed E-state index contributed by atoms with van der Waals surface area (Å²) in [6.45, 7) is 6.36. The molecule has 1 aliphatic rings. The first-order chi connectivity index (χ1) is 6.74. The molecule has 1 fully saturated rings. The molecule has 2 unspecified atom stereocenters. The molecular formula is C11H22N2O. The molecule has 3 heteroatoms. The fraction of sp³-hybridized carbons (Fsp3) is 0.909. The van der Waals surface area contributed by atoms with E-state index in [1.54, 1.807) is 0 Å². The van der Waals surface area contributed by atoms with E-state index in [0.29, 0.717) is 18.4 Å². The van der Waals surface area contributed by atoms with E-state index >= 15 is 0 Å². The van der Waals surface area contributed by atoms with Gasteiger partial charge in [-0.1, -0.05) is 20.3 Å². The SMILES string of the molecule is CCCCC(=O)NC1CCNCC1C. The van der Waals surface area contributed by atoms with E-state index < -0.39 is 0 Å². The van der Waals surface area contributed by atoms with Crippen molar-refractivity contribution in [1.82, 2.24) is 10.6 Å². The standard InChI is InChI=1S/C11H22N2O/c1-3-4-5-11(14)13-10-6-7-12-8-9(10)2/h9-10,12H,3-8H2,1-2H3,(H,13,14). The highest BCUT2D eigenvalue weighted by Crippen LogP contribution is 2.10. The van der Waals surface area contributed by atoms with Crippen LogP contribution >= 0.6 is 0 Å². The maximum atomic E-state index is 11.5. The molecule has 0 radical (unpaired) electrons. The number of hydrogen-bond donors (Lipinski definition) is 2. The Hall–Kier alpha value is -0.570. The summed E-state index contributed by atoms with van der Waals surface area (Å²) in [4.78, 5) is 11.5. The van der Waals surface area contributed by atoms with Crippen LogP contribution in [0.4, 0.5) is 0 Å². The summed E-state index contributed by atoms with van der Waals surface area (Å²) in [7, 11) is 0. The van der Waals surface area contributed by atoms with Gasteiger partial charge in [0.1, 0.15) is 0 Å². The molecule has 0 aliphatic carbocycles. The third-order valence-corrected chi connectivity index (χ3v) is 2.89. The summed E-state index contributed by atoms with van der Waals surface area (Å²) < 4.78 is 0. The second-order valence-electron chi connectivity index (χ2n) is 4.25. The lowest BCUT2D eigenvalue weighted by Gasteiger charge is -2.30. The monoisotopic (exact) mass is 198 g/mol. The Morgan fingerprint density at radius 1 is 1.57 bits per heavy atom. The van der Waals surface area contributed by atoms with Crippen LogP contribution in [0.2, 0.25) is 0 Å². The molecule has 0 aromatic heterocycles. The van der Waals surface area contributed by atoms with Crippen molar-refractivity contribution in [1.29, 1.82) is 0 Å². The molecule has 1 saturated heterocycles. The number of rotatable bonds is 4. The van der Waals surface area contributed by atoms with Gasteiger partial charge in [0.25, 0.3) is 0 Å². The average Bonchev–Trinajstić information content (AvgIpc) is 2.18. The Labute approximate surface area is 86.6 Å². The van der Waals surface area contributed by atoms with Crippen molar-refractivity contribution in [2.75, 3.05) is 13.1 Å². The van der Waals surface area contributed by atoms with E-state index in [2.05, 4.69) is 24.5 Å². The van der Waals surface area contributed by atoms with E-state index in [4.69, 9.17) is 0 Å². The largest absolute Gasteiger partial charge is 0.353 e. The predicted octanol–water partition coefficient (Wildman–Crippen LogP) is 1.29. The molecule has 0 saturated carbocycles. The van der Waals surface area contributed by atoms with Gasteiger partial charge in [0.05, 0.1) is 0 Å². The lowest BCUT2D eigenvalue weighted by molar-refractivity contribution is -0.122. The second kappa shape index (κ2) is 6.02. The van der Waals surface area contributed by atoms with Crippen molar-refractivity contribution in [3.8, 4) is 0 Å². The summed E-state index contributed by atoms with van der Waals surface area (Å²) in [5.41, 5.74) is 0. The van der Waals surface area contributed by atoms with E-state index in [0.717, 1.165) is 32.4 Å². The van der Waals surface area contributed by atoms with Crippen LogP contribution in [0.15, 0.2) is 0 Å². The van der Waals surface area contributed by atoms with Crippen molar-refractivity contribution in [2.24, 2.45) is 5.92 Å². The summed E-state index contributed by atoms with van der Waals surface area (Å²) in [5, 5.41) is 6.45. The van der Waals surface area contributed by atoms with Crippen LogP contribution in [0.3, 0.4) is 0 Å². The second-order valence-corrected chi connectivity index (χ2v) is 4.25. The van der Waals surface area contributed by atoms with Crippen molar-refractivity contribution in [3.63, 3.8) is 0 Å². The molecule has 2 N–H and O–H groups in total. The summed E-state index contributed by atoms with van der Waals surface area (Å²) in [5.74, 6) is 0.792. The molecule has 14 heavy (non-hydrogen) atoms. The molecular weight excluding hydrogens is 176 g/mol. The number of amides is 1. The molecule has 1 amide bonds. The highest BCUT2D eigenvalue weighted by molar-refractivity contribution is 5.76. The van der Waals surface area contributed by atoms with Crippen LogP contribution in [0.5, 0.6) is 0 Å². The van der Waals surface area contributed by atoms with Crippen LogP contribution in [0.1, 0.15) is 39.5 Å². The predicted molar refractivity (Wildman–Crippen MR) is 58.1 cm³/mol. The molecule has 1 rings (SSSR count). The fourth-order valence-corrected chi connectivity index (χ4v) is 1.84. The molecule has 0 spiro atoms. The van der Waals surface area contributed by atoms with Gasteiger partial charge in [-0.25, -0.2) is 0 Å². The summed E-state index contributed by atoms with van der Waals surface area (Å²) in [6, 6.07) is 0.389. The smallest absolute Gasteiger partial charge is 0.220 e. The topological polar surface area (TPSA) is 41.1 Å². The first-order valence-electron chi connectivity index (χ1n) is 5.74. The Bertz CT molecular complexity index is 182. The van der Waals surface area contributed by atoms with Gasteiger partial charge >= 0.3 is 0 Å². The van der Waals surface area contributed by atoms with Gasteiger partial charge < -0.3 is 10.6 Å². The minimum absolute atomic E-state index is 0.227. The van der Waals surface area contributed by atoms with Crippen LogP contribution < -0.4 is 10.6 Å². The van der Waals surface area contributed by atoms with Gasteiger partial charge in [-0.15, -0.1) is 0 Å². The normalized spacial score (nSPS) is 27.3. The lowest BCUT2D eigenvalue weighted by atomic mass is 9.95. The highest BCUT2D eigenvalue weighted by Gasteiger charge is 2.21. The quantitative estimate of drug-likeness (QED) is 0.714. The third kappa shape index (κ3) is 3.66. The number of hydrogen-bond acceptors (Lipinski definition) is 2. The summed E-state index contributed by atoms with van der Waals surface area (Å²) >= 11 is 0. The number of unbranched alkanes of at least 4 members (excludes halogenated alkanes) is 1. The Kier molecular flexibility index (Phi) is 4.94. The molecule has 82 valence electrons. The van der Waals surface area contributed by atoms with Crippen LogP contribution in [-0.2, 0) is 4.79 Å². The van der Waals surface area contributed by atoms with E-state index in [-0.39, 0.29) is 5.91 Å². The number of carbonyl (C=O) groups is 1. The fourth-order valence-electron chi connectivity index (χ4n) is 1.84. The number of carbonyl (C=O) groups excluding carboxylic acids is 1. The average molecular weight is 198 g/mol. The van der Waals surface area contributed by atoms with Gasteiger partial charge in [-0.3, -0.25) is 4.79 Å². The Morgan fingerprint density at radius 2 is 2.36 bits per heavy atom. The van der Waals surface area contributed by atoms with Gasteiger partial charge in [-0.05, 0) is 31.8 Å². The first kappa shape index (κ1) is 11.5. The maximum Gasteiger partial charge on any atom is 0.220 e. The molecule has 1 heterocycles. The minimum Gasteiger partial charge on any atom is -0.353 e. The van der Waals surface area contributed by atoms with Gasteiger partial charge in [0.15, 0.2) is 0 Å². The number of piperidine rings is 1. The molecule has 0 aromatic carbocycles. The Morgan fingerprint density at radius 3 is 3.00 bits per heavy atom. The minimum atomic E-state index is 0.227. The molecule has 2 atom stereocenters. The molecule has 0 bridgehead atoms.